The number of aromatic amines is 2. The summed E-state index contributed by atoms with van der Waals surface area (Å²) in [4.78, 5) is 16.8. The SMILES string of the molecule is CCCOc1ccc(CNc2ccc3[nH]c(=O)[nH]c3c2)cc1Br. The predicted molar refractivity (Wildman–Crippen MR) is 96.2 cm³/mol. The Balaban J connectivity index is 1.69. The van der Waals surface area contributed by atoms with E-state index in [2.05, 4.69) is 44.2 Å². The fourth-order valence-electron chi connectivity index (χ4n) is 2.33. The van der Waals surface area contributed by atoms with Crippen molar-refractivity contribution in [3.8, 4) is 5.75 Å². The third kappa shape index (κ3) is 3.76. The summed E-state index contributed by atoms with van der Waals surface area (Å²) in [6.07, 6.45) is 0.986. The van der Waals surface area contributed by atoms with Gasteiger partial charge in [0.15, 0.2) is 0 Å². The zero-order chi connectivity index (χ0) is 16.2. The lowest BCUT2D eigenvalue weighted by Gasteiger charge is -2.10. The molecule has 0 amide bonds. The number of nitrogens with one attached hydrogen (secondary N) is 3. The number of aromatic nitrogens is 2. The number of hydrogen-bond acceptors (Lipinski definition) is 3. The number of H-pyrrole nitrogens is 2. The monoisotopic (exact) mass is 375 g/mol. The molecule has 23 heavy (non-hydrogen) atoms. The Hall–Kier alpha value is -2.21. The Bertz CT molecular complexity index is 870. The molecule has 1 heterocycles. The van der Waals surface area contributed by atoms with Gasteiger partial charge in [0.1, 0.15) is 5.75 Å². The molecule has 0 saturated carbocycles. The number of fused-ring (bicyclic) bond motifs is 1. The van der Waals surface area contributed by atoms with Crippen LogP contribution in [-0.4, -0.2) is 16.6 Å². The maximum absolute atomic E-state index is 11.3. The topological polar surface area (TPSA) is 69.9 Å². The van der Waals surface area contributed by atoms with Gasteiger partial charge in [-0.15, -0.1) is 0 Å². The van der Waals surface area contributed by atoms with Gasteiger partial charge in [-0.2, -0.15) is 0 Å². The first-order chi connectivity index (χ1) is 11.2. The van der Waals surface area contributed by atoms with E-state index in [9.17, 15) is 4.79 Å². The largest absolute Gasteiger partial charge is 0.492 e. The molecular weight excluding hydrogens is 358 g/mol. The van der Waals surface area contributed by atoms with Gasteiger partial charge in [0, 0.05) is 12.2 Å². The molecule has 0 bridgehead atoms. The molecule has 0 atom stereocenters. The van der Waals surface area contributed by atoms with E-state index in [0.717, 1.165) is 38.9 Å². The quantitative estimate of drug-likeness (QED) is 0.609. The summed E-state index contributed by atoms with van der Waals surface area (Å²) in [6.45, 7) is 3.48. The third-order valence-electron chi connectivity index (χ3n) is 3.47. The highest BCUT2D eigenvalue weighted by Gasteiger charge is 2.04. The van der Waals surface area contributed by atoms with Crippen molar-refractivity contribution in [3.05, 3.63) is 56.9 Å². The number of rotatable bonds is 6. The molecule has 0 aliphatic carbocycles. The van der Waals surface area contributed by atoms with Gasteiger partial charge < -0.3 is 20.0 Å². The second-order valence-electron chi connectivity index (χ2n) is 5.31. The lowest BCUT2D eigenvalue weighted by atomic mass is 10.2. The average Bonchev–Trinajstić information content (AvgIpc) is 2.91. The normalized spacial score (nSPS) is 10.9. The van der Waals surface area contributed by atoms with E-state index in [-0.39, 0.29) is 5.69 Å². The van der Waals surface area contributed by atoms with Crippen molar-refractivity contribution in [3.63, 3.8) is 0 Å². The van der Waals surface area contributed by atoms with Crippen LogP contribution in [0.25, 0.3) is 11.0 Å². The van der Waals surface area contributed by atoms with E-state index < -0.39 is 0 Å². The van der Waals surface area contributed by atoms with Crippen LogP contribution in [0.2, 0.25) is 0 Å². The van der Waals surface area contributed by atoms with Gasteiger partial charge in [-0.3, -0.25) is 0 Å². The maximum Gasteiger partial charge on any atom is 0.323 e. The maximum atomic E-state index is 11.3. The van der Waals surface area contributed by atoms with Crippen LogP contribution in [0, 0.1) is 0 Å². The van der Waals surface area contributed by atoms with Gasteiger partial charge in [-0.05, 0) is 58.2 Å². The summed E-state index contributed by atoms with van der Waals surface area (Å²) in [5, 5.41) is 3.35. The Kier molecular flexibility index (Phi) is 4.71. The van der Waals surface area contributed by atoms with Crippen LogP contribution in [0.4, 0.5) is 5.69 Å². The lowest BCUT2D eigenvalue weighted by Crippen LogP contribution is -2.01. The molecule has 0 spiro atoms. The highest BCUT2D eigenvalue weighted by atomic mass is 79.9. The molecule has 0 unspecified atom stereocenters. The van der Waals surface area contributed by atoms with Crippen molar-refractivity contribution in [1.29, 1.82) is 0 Å². The highest BCUT2D eigenvalue weighted by Crippen LogP contribution is 2.26. The molecule has 3 rings (SSSR count). The summed E-state index contributed by atoms with van der Waals surface area (Å²) >= 11 is 3.54. The average molecular weight is 376 g/mol. The Labute approximate surface area is 142 Å². The molecule has 6 heteroatoms. The van der Waals surface area contributed by atoms with Gasteiger partial charge in [-0.1, -0.05) is 13.0 Å². The Morgan fingerprint density at radius 2 is 1.96 bits per heavy atom. The van der Waals surface area contributed by atoms with Crippen molar-refractivity contribution in [1.82, 2.24) is 9.97 Å². The number of imidazole rings is 1. The van der Waals surface area contributed by atoms with Crippen molar-refractivity contribution < 1.29 is 4.74 Å². The molecule has 5 nitrogen and oxygen atoms in total. The fourth-order valence-corrected chi connectivity index (χ4v) is 2.87. The smallest absolute Gasteiger partial charge is 0.323 e. The second kappa shape index (κ2) is 6.91. The van der Waals surface area contributed by atoms with Gasteiger partial charge >= 0.3 is 5.69 Å². The van der Waals surface area contributed by atoms with Crippen LogP contribution in [0.3, 0.4) is 0 Å². The molecule has 0 fully saturated rings. The van der Waals surface area contributed by atoms with Gasteiger partial charge in [0.05, 0.1) is 22.1 Å². The number of ether oxygens (including phenoxy) is 1. The molecule has 120 valence electrons. The van der Waals surface area contributed by atoms with E-state index in [4.69, 9.17) is 4.74 Å². The van der Waals surface area contributed by atoms with Crippen molar-refractivity contribution >= 4 is 32.7 Å². The summed E-state index contributed by atoms with van der Waals surface area (Å²) in [6, 6.07) is 11.8. The first kappa shape index (κ1) is 15.7. The molecule has 2 aromatic carbocycles. The molecule has 3 N–H and O–H groups in total. The summed E-state index contributed by atoms with van der Waals surface area (Å²) < 4.78 is 6.60. The molecule has 1 aromatic heterocycles. The second-order valence-corrected chi connectivity index (χ2v) is 6.16. The number of hydrogen-bond donors (Lipinski definition) is 3. The first-order valence-corrected chi connectivity index (χ1v) is 8.32. The van der Waals surface area contributed by atoms with Crippen molar-refractivity contribution in [2.45, 2.75) is 19.9 Å². The number of anilines is 1. The van der Waals surface area contributed by atoms with Gasteiger partial charge in [-0.25, -0.2) is 4.79 Å². The van der Waals surface area contributed by atoms with Crippen LogP contribution in [0.5, 0.6) is 5.75 Å². The molecule has 0 radical (unpaired) electrons. The van der Waals surface area contributed by atoms with Crippen molar-refractivity contribution in [2.24, 2.45) is 0 Å². The van der Waals surface area contributed by atoms with E-state index in [1.54, 1.807) is 0 Å². The van der Waals surface area contributed by atoms with E-state index in [1.807, 2.05) is 30.3 Å². The van der Waals surface area contributed by atoms with Crippen LogP contribution in [-0.2, 0) is 6.54 Å². The zero-order valence-electron chi connectivity index (χ0n) is 12.8. The minimum Gasteiger partial charge on any atom is -0.492 e. The molecule has 3 aromatic rings. The third-order valence-corrected chi connectivity index (χ3v) is 4.09. The van der Waals surface area contributed by atoms with Crippen LogP contribution in [0.15, 0.2) is 45.7 Å². The minimum atomic E-state index is -0.191. The molecular formula is C17H18BrN3O2. The lowest BCUT2D eigenvalue weighted by molar-refractivity contribution is 0.315. The molecule has 0 aliphatic heterocycles. The molecule has 0 aliphatic rings. The van der Waals surface area contributed by atoms with Crippen molar-refractivity contribution in [2.75, 3.05) is 11.9 Å². The predicted octanol–water partition coefficient (Wildman–Crippen LogP) is 4.02. The zero-order valence-corrected chi connectivity index (χ0v) is 14.4. The van der Waals surface area contributed by atoms with E-state index in [0.29, 0.717) is 13.2 Å². The number of halogens is 1. The first-order valence-electron chi connectivity index (χ1n) is 7.53. The fraction of sp³-hybridized carbons (Fsp3) is 0.235. The van der Waals surface area contributed by atoms with Crippen LogP contribution < -0.4 is 15.7 Å². The molecule has 0 saturated heterocycles. The Morgan fingerprint density at radius 3 is 2.74 bits per heavy atom. The van der Waals surface area contributed by atoms with Crippen LogP contribution >= 0.6 is 15.9 Å². The summed E-state index contributed by atoms with van der Waals surface area (Å²) in [5.41, 5.74) is 3.51. The summed E-state index contributed by atoms with van der Waals surface area (Å²) in [7, 11) is 0. The minimum absolute atomic E-state index is 0.191. The van der Waals surface area contributed by atoms with E-state index in [1.165, 1.54) is 0 Å². The Morgan fingerprint density at radius 1 is 1.13 bits per heavy atom. The van der Waals surface area contributed by atoms with Gasteiger partial charge in [0.25, 0.3) is 0 Å². The van der Waals surface area contributed by atoms with Crippen LogP contribution in [0.1, 0.15) is 18.9 Å². The number of benzene rings is 2. The van der Waals surface area contributed by atoms with E-state index >= 15 is 0 Å². The summed E-state index contributed by atoms with van der Waals surface area (Å²) in [5.74, 6) is 0.863. The standard InChI is InChI=1S/C17H18BrN3O2/c1-2-7-23-16-6-3-11(8-13(16)18)10-19-12-4-5-14-15(9-12)21-17(22)20-14/h3-6,8-9,19H,2,7,10H2,1H3,(H2,20,21,22). The van der Waals surface area contributed by atoms with Gasteiger partial charge in [0.2, 0.25) is 0 Å². The highest BCUT2D eigenvalue weighted by molar-refractivity contribution is 9.10.